The molecule has 3 nitrogen and oxygen atoms in total. The van der Waals surface area contributed by atoms with E-state index in [4.69, 9.17) is 4.74 Å². The minimum atomic E-state index is -0.290. The van der Waals surface area contributed by atoms with Crippen molar-refractivity contribution >= 4 is 5.97 Å². The summed E-state index contributed by atoms with van der Waals surface area (Å²) in [5.41, 5.74) is 1.47. The Bertz CT molecular complexity index is 412. The molecule has 0 atom stereocenters. The highest BCUT2D eigenvalue weighted by atomic mass is 16.5. The molecule has 0 aliphatic carbocycles. The van der Waals surface area contributed by atoms with Crippen LogP contribution in [0.15, 0.2) is 24.3 Å². The van der Waals surface area contributed by atoms with Gasteiger partial charge >= 0.3 is 5.97 Å². The molecule has 0 amide bonds. The van der Waals surface area contributed by atoms with Gasteiger partial charge in [-0.1, -0.05) is 11.8 Å². The lowest BCUT2D eigenvalue weighted by Gasteiger charge is -2.00. The first-order valence-electron chi connectivity index (χ1n) is 5.68. The highest BCUT2D eigenvalue weighted by molar-refractivity contribution is 5.89. The number of carbonyl (C=O) groups excluding carboxylic acids is 1. The van der Waals surface area contributed by atoms with Crippen molar-refractivity contribution in [1.29, 1.82) is 0 Å². The molecule has 0 aliphatic rings. The topological polar surface area (TPSA) is 38.3 Å². The van der Waals surface area contributed by atoms with Gasteiger partial charge in [-0.05, 0) is 38.2 Å². The van der Waals surface area contributed by atoms with Crippen molar-refractivity contribution in [3.63, 3.8) is 0 Å². The zero-order chi connectivity index (χ0) is 12.5. The van der Waals surface area contributed by atoms with Crippen molar-refractivity contribution in [2.45, 2.75) is 13.3 Å². The second-order valence-electron chi connectivity index (χ2n) is 3.45. The summed E-state index contributed by atoms with van der Waals surface area (Å²) in [6.45, 7) is 3.07. The van der Waals surface area contributed by atoms with Gasteiger partial charge in [0.25, 0.3) is 0 Å². The van der Waals surface area contributed by atoms with E-state index in [1.165, 1.54) is 0 Å². The first-order valence-corrected chi connectivity index (χ1v) is 5.68. The van der Waals surface area contributed by atoms with E-state index < -0.39 is 0 Å². The van der Waals surface area contributed by atoms with Crippen LogP contribution in [0.4, 0.5) is 0 Å². The Balaban J connectivity index is 2.60. The molecular formula is C14H17NO2. The van der Waals surface area contributed by atoms with E-state index in [1.54, 1.807) is 19.1 Å². The summed E-state index contributed by atoms with van der Waals surface area (Å²) in [5, 5.41) is 3.03. The van der Waals surface area contributed by atoms with E-state index in [-0.39, 0.29) is 5.97 Å². The van der Waals surface area contributed by atoms with Crippen LogP contribution in [-0.2, 0) is 4.74 Å². The van der Waals surface area contributed by atoms with Gasteiger partial charge in [-0.15, -0.1) is 0 Å². The number of carbonyl (C=O) groups is 1. The van der Waals surface area contributed by atoms with Crippen molar-refractivity contribution < 1.29 is 9.53 Å². The highest BCUT2D eigenvalue weighted by Gasteiger charge is 2.04. The predicted octanol–water partition coefficient (Wildman–Crippen LogP) is 1.82. The summed E-state index contributed by atoms with van der Waals surface area (Å²) in [5.74, 6) is 5.79. The van der Waals surface area contributed by atoms with Gasteiger partial charge in [0.05, 0.1) is 12.2 Å². The van der Waals surface area contributed by atoms with Crippen LogP contribution in [0.1, 0.15) is 29.3 Å². The number of nitrogens with one attached hydrogen (secondary N) is 1. The Morgan fingerprint density at radius 1 is 1.35 bits per heavy atom. The fourth-order valence-corrected chi connectivity index (χ4v) is 1.26. The maximum Gasteiger partial charge on any atom is 0.338 e. The molecule has 17 heavy (non-hydrogen) atoms. The van der Waals surface area contributed by atoms with E-state index in [1.807, 2.05) is 19.2 Å². The van der Waals surface area contributed by atoms with Crippen LogP contribution in [0.5, 0.6) is 0 Å². The Morgan fingerprint density at radius 3 is 2.65 bits per heavy atom. The molecular weight excluding hydrogens is 214 g/mol. The fourth-order valence-electron chi connectivity index (χ4n) is 1.26. The number of ether oxygens (including phenoxy) is 1. The van der Waals surface area contributed by atoms with Crippen LogP contribution in [0.25, 0.3) is 0 Å². The van der Waals surface area contributed by atoms with Gasteiger partial charge in [-0.3, -0.25) is 0 Å². The lowest BCUT2D eigenvalue weighted by Crippen LogP contribution is -2.05. The van der Waals surface area contributed by atoms with Gasteiger partial charge in [0.1, 0.15) is 0 Å². The number of rotatable bonds is 4. The molecule has 0 bridgehead atoms. The van der Waals surface area contributed by atoms with E-state index in [0.717, 1.165) is 18.5 Å². The SMILES string of the molecule is CCOC(=O)c1ccc(C#CCCNC)cc1. The molecule has 1 N–H and O–H groups in total. The second kappa shape index (κ2) is 7.48. The average Bonchev–Trinajstić information content (AvgIpc) is 2.36. The van der Waals surface area contributed by atoms with Gasteiger partial charge in [0, 0.05) is 18.5 Å². The summed E-state index contributed by atoms with van der Waals surface area (Å²) in [6.07, 6.45) is 0.816. The summed E-state index contributed by atoms with van der Waals surface area (Å²) >= 11 is 0. The first-order chi connectivity index (χ1) is 8.27. The minimum Gasteiger partial charge on any atom is -0.462 e. The smallest absolute Gasteiger partial charge is 0.338 e. The Hall–Kier alpha value is -1.79. The third kappa shape index (κ3) is 4.71. The van der Waals surface area contributed by atoms with Gasteiger partial charge in [-0.25, -0.2) is 4.79 Å². The standard InChI is InChI=1S/C14H17NO2/c1-3-17-14(16)13-9-7-12(8-10-13)6-4-5-11-15-2/h7-10,15H,3,5,11H2,1-2H3. The molecule has 0 aliphatic heterocycles. The van der Waals surface area contributed by atoms with Crippen LogP contribution < -0.4 is 5.32 Å². The molecule has 1 aromatic rings. The number of hydrogen-bond donors (Lipinski definition) is 1. The Labute approximate surface area is 102 Å². The summed E-state index contributed by atoms with van der Waals surface area (Å²) < 4.78 is 4.90. The molecule has 1 rings (SSSR count). The minimum absolute atomic E-state index is 0.290. The first kappa shape index (κ1) is 13.3. The lowest BCUT2D eigenvalue weighted by molar-refractivity contribution is 0.0526. The molecule has 0 saturated heterocycles. The van der Waals surface area contributed by atoms with Crippen LogP contribution in [-0.4, -0.2) is 26.2 Å². The van der Waals surface area contributed by atoms with E-state index >= 15 is 0 Å². The molecule has 0 radical (unpaired) electrons. The second-order valence-corrected chi connectivity index (χ2v) is 3.45. The monoisotopic (exact) mass is 231 g/mol. The number of benzene rings is 1. The Kier molecular flexibility index (Phi) is 5.84. The Morgan fingerprint density at radius 2 is 2.06 bits per heavy atom. The third-order valence-electron chi connectivity index (χ3n) is 2.13. The maximum atomic E-state index is 11.4. The van der Waals surface area contributed by atoms with E-state index in [0.29, 0.717) is 12.2 Å². The third-order valence-corrected chi connectivity index (χ3v) is 2.13. The van der Waals surface area contributed by atoms with Crippen molar-refractivity contribution in [3.8, 4) is 11.8 Å². The molecule has 0 spiro atoms. The van der Waals surface area contributed by atoms with Gasteiger partial charge in [-0.2, -0.15) is 0 Å². The molecule has 0 aromatic heterocycles. The fraction of sp³-hybridized carbons (Fsp3) is 0.357. The van der Waals surface area contributed by atoms with Gasteiger partial charge in [0.15, 0.2) is 0 Å². The molecule has 3 heteroatoms. The van der Waals surface area contributed by atoms with Crippen LogP contribution in [0.3, 0.4) is 0 Å². The van der Waals surface area contributed by atoms with Gasteiger partial charge in [0.2, 0.25) is 0 Å². The number of hydrogen-bond acceptors (Lipinski definition) is 3. The molecule has 90 valence electrons. The summed E-state index contributed by atoms with van der Waals surface area (Å²) in [6, 6.07) is 7.14. The predicted molar refractivity (Wildman–Crippen MR) is 67.8 cm³/mol. The van der Waals surface area contributed by atoms with Crippen LogP contribution >= 0.6 is 0 Å². The average molecular weight is 231 g/mol. The molecule has 0 fully saturated rings. The quantitative estimate of drug-likeness (QED) is 0.488. The van der Waals surface area contributed by atoms with Crippen molar-refractivity contribution in [1.82, 2.24) is 5.32 Å². The van der Waals surface area contributed by atoms with Crippen molar-refractivity contribution in [3.05, 3.63) is 35.4 Å². The molecule has 0 unspecified atom stereocenters. The summed E-state index contributed by atoms with van der Waals surface area (Å²) in [7, 11) is 1.90. The molecule has 0 heterocycles. The normalized spacial score (nSPS) is 9.29. The maximum absolute atomic E-state index is 11.4. The van der Waals surface area contributed by atoms with Crippen molar-refractivity contribution in [2.24, 2.45) is 0 Å². The number of esters is 1. The zero-order valence-corrected chi connectivity index (χ0v) is 10.2. The van der Waals surface area contributed by atoms with E-state index in [2.05, 4.69) is 17.2 Å². The molecule has 0 saturated carbocycles. The summed E-state index contributed by atoms with van der Waals surface area (Å²) in [4.78, 5) is 11.4. The molecule has 1 aromatic carbocycles. The lowest BCUT2D eigenvalue weighted by atomic mass is 10.1. The zero-order valence-electron chi connectivity index (χ0n) is 10.2. The largest absolute Gasteiger partial charge is 0.462 e. The van der Waals surface area contributed by atoms with Crippen LogP contribution in [0, 0.1) is 11.8 Å². The van der Waals surface area contributed by atoms with Crippen LogP contribution in [0.2, 0.25) is 0 Å². The van der Waals surface area contributed by atoms with Crippen molar-refractivity contribution in [2.75, 3.05) is 20.2 Å². The highest BCUT2D eigenvalue weighted by Crippen LogP contribution is 2.05. The van der Waals surface area contributed by atoms with E-state index in [9.17, 15) is 4.79 Å². The van der Waals surface area contributed by atoms with Gasteiger partial charge < -0.3 is 10.1 Å².